The highest BCUT2D eigenvalue weighted by Crippen LogP contribution is 2.37. The van der Waals surface area contributed by atoms with E-state index in [1.54, 1.807) is 31.4 Å². The van der Waals surface area contributed by atoms with Gasteiger partial charge in [-0.3, -0.25) is 0 Å². The summed E-state index contributed by atoms with van der Waals surface area (Å²) >= 11 is 0. The molecule has 0 atom stereocenters. The molecule has 0 fully saturated rings. The number of hydrogen-bond acceptors (Lipinski definition) is 3. The number of ether oxygens (including phenoxy) is 1. The third kappa shape index (κ3) is 3.35. The summed E-state index contributed by atoms with van der Waals surface area (Å²) in [5.74, 6) is 0.489. The quantitative estimate of drug-likeness (QED) is 0.779. The third-order valence-electron chi connectivity index (χ3n) is 3.48. The Bertz CT molecular complexity index is 416. The van der Waals surface area contributed by atoms with Gasteiger partial charge in [0, 0.05) is 0 Å². The molecule has 0 aliphatic carbocycles. The standard InChI is InChI=1S/C14H22O3Si/c1-14(2,3)18(5,6)17-13(15)11-7-9-12(16-4)10-8-11/h7-10H,1-6H3. The lowest BCUT2D eigenvalue weighted by Crippen LogP contribution is -2.42. The highest BCUT2D eigenvalue weighted by Gasteiger charge is 2.40. The molecule has 0 radical (unpaired) electrons. The van der Waals surface area contributed by atoms with Crippen LogP contribution in [0.15, 0.2) is 24.3 Å². The fourth-order valence-electron chi connectivity index (χ4n) is 1.17. The van der Waals surface area contributed by atoms with Crippen LogP contribution in [0.2, 0.25) is 18.1 Å². The van der Waals surface area contributed by atoms with Crippen molar-refractivity contribution in [2.24, 2.45) is 0 Å². The first-order chi connectivity index (χ1) is 8.17. The second kappa shape index (κ2) is 5.14. The molecule has 100 valence electrons. The largest absolute Gasteiger partial charge is 0.516 e. The average Bonchev–Trinajstić information content (AvgIpc) is 2.27. The van der Waals surface area contributed by atoms with E-state index < -0.39 is 8.32 Å². The minimum atomic E-state index is -2.05. The molecule has 0 saturated heterocycles. The molecule has 1 aromatic rings. The van der Waals surface area contributed by atoms with Gasteiger partial charge in [0.1, 0.15) is 5.75 Å². The SMILES string of the molecule is COc1ccc(C(=O)O[Si](C)(C)C(C)(C)C)cc1. The van der Waals surface area contributed by atoms with Crippen molar-refractivity contribution in [3.63, 3.8) is 0 Å². The van der Waals surface area contributed by atoms with Gasteiger partial charge in [-0.2, -0.15) is 0 Å². The number of hydrogen-bond donors (Lipinski definition) is 0. The summed E-state index contributed by atoms with van der Waals surface area (Å²) in [7, 11) is -0.453. The zero-order valence-electron chi connectivity index (χ0n) is 12.0. The van der Waals surface area contributed by atoms with Gasteiger partial charge in [-0.25, -0.2) is 4.79 Å². The monoisotopic (exact) mass is 266 g/mol. The van der Waals surface area contributed by atoms with Crippen LogP contribution in [0.1, 0.15) is 31.1 Å². The van der Waals surface area contributed by atoms with Crippen molar-refractivity contribution in [3.05, 3.63) is 29.8 Å². The molecule has 0 heterocycles. The first kappa shape index (κ1) is 14.8. The Morgan fingerprint density at radius 1 is 1.11 bits per heavy atom. The van der Waals surface area contributed by atoms with E-state index in [0.717, 1.165) is 5.75 Å². The van der Waals surface area contributed by atoms with Gasteiger partial charge in [0.05, 0.1) is 12.7 Å². The van der Waals surface area contributed by atoms with Gasteiger partial charge in [0.25, 0.3) is 8.32 Å². The highest BCUT2D eigenvalue weighted by atomic mass is 28.4. The molecule has 18 heavy (non-hydrogen) atoms. The Kier molecular flexibility index (Phi) is 4.22. The van der Waals surface area contributed by atoms with E-state index in [1.165, 1.54) is 0 Å². The summed E-state index contributed by atoms with van der Waals surface area (Å²) in [6.07, 6.45) is 0. The van der Waals surface area contributed by atoms with Crippen LogP contribution in [0.5, 0.6) is 5.75 Å². The minimum Gasteiger partial charge on any atom is -0.516 e. The fraction of sp³-hybridized carbons (Fsp3) is 0.500. The molecule has 0 saturated carbocycles. The van der Waals surface area contributed by atoms with E-state index in [2.05, 4.69) is 33.9 Å². The Hall–Kier alpha value is -1.29. The van der Waals surface area contributed by atoms with E-state index in [4.69, 9.17) is 9.16 Å². The molecule has 0 spiro atoms. The van der Waals surface area contributed by atoms with Gasteiger partial charge in [-0.05, 0) is 42.4 Å². The number of carbonyl (C=O) groups excluding carboxylic acids is 1. The average molecular weight is 266 g/mol. The summed E-state index contributed by atoms with van der Waals surface area (Å²) in [5.41, 5.74) is 0.570. The van der Waals surface area contributed by atoms with Gasteiger partial charge in [-0.15, -0.1) is 0 Å². The predicted molar refractivity (Wildman–Crippen MR) is 75.6 cm³/mol. The first-order valence-corrected chi connectivity index (χ1v) is 8.95. The van der Waals surface area contributed by atoms with Crippen molar-refractivity contribution in [2.75, 3.05) is 7.11 Å². The number of methoxy groups -OCH3 is 1. The maximum absolute atomic E-state index is 12.1. The molecule has 0 aromatic heterocycles. The molecule has 0 N–H and O–H groups in total. The molecule has 0 aliphatic rings. The highest BCUT2D eigenvalue weighted by molar-refractivity contribution is 6.75. The number of carbonyl (C=O) groups is 1. The molecular weight excluding hydrogens is 244 g/mol. The van der Waals surface area contributed by atoms with Crippen LogP contribution < -0.4 is 4.74 Å². The van der Waals surface area contributed by atoms with Crippen molar-refractivity contribution in [2.45, 2.75) is 38.9 Å². The van der Waals surface area contributed by atoms with Crippen molar-refractivity contribution in [1.82, 2.24) is 0 Å². The van der Waals surface area contributed by atoms with Crippen LogP contribution in [0.4, 0.5) is 0 Å². The number of benzene rings is 1. The topological polar surface area (TPSA) is 35.5 Å². The summed E-state index contributed by atoms with van der Waals surface area (Å²) in [6.45, 7) is 10.5. The Morgan fingerprint density at radius 3 is 2.00 bits per heavy atom. The van der Waals surface area contributed by atoms with Gasteiger partial charge in [0.15, 0.2) is 0 Å². The zero-order valence-corrected chi connectivity index (χ0v) is 13.0. The Balaban J connectivity index is 2.82. The van der Waals surface area contributed by atoms with Gasteiger partial charge < -0.3 is 9.16 Å². The third-order valence-corrected chi connectivity index (χ3v) is 7.79. The minimum absolute atomic E-state index is 0.0229. The first-order valence-electron chi connectivity index (χ1n) is 6.05. The lowest BCUT2D eigenvalue weighted by atomic mass is 10.2. The van der Waals surface area contributed by atoms with Crippen LogP contribution in [-0.2, 0) is 4.43 Å². The van der Waals surface area contributed by atoms with Crippen LogP contribution in [0.25, 0.3) is 0 Å². The molecule has 4 heteroatoms. The van der Waals surface area contributed by atoms with E-state index >= 15 is 0 Å². The van der Waals surface area contributed by atoms with Gasteiger partial charge >= 0.3 is 5.97 Å². The summed E-state index contributed by atoms with van der Waals surface area (Å²) in [4.78, 5) is 12.1. The Labute approximate surface area is 110 Å². The van der Waals surface area contributed by atoms with Crippen LogP contribution in [0, 0.1) is 0 Å². The van der Waals surface area contributed by atoms with E-state index in [0.29, 0.717) is 5.56 Å². The Morgan fingerprint density at radius 2 is 1.61 bits per heavy atom. The lowest BCUT2D eigenvalue weighted by Gasteiger charge is -2.35. The van der Waals surface area contributed by atoms with Crippen molar-refractivity contribution >= 4 is 14.3 Å². The maximum atomic E-state index is 12.1. The zero-order chi connectivity index (χ0) is 14.0. The van der Waals surface area contributed by atoms with Crippen molar-refractivity contribution in [1.29, 1.82) is 0 Å². The summed E-state index contributed by atoms with van der Waals surface area (Å²) in [6, 6.07) is 6.99. The van der Waals surface area contributed by atoms with E-state index in [9.17, 15) is 4.79 Å². The van der Waals surface area contributed by atoms with Crippen molar-refractivity contribution < 1.29 is 14.0 Å². The predicted octanol–water partition coefficient (Wildman–Crippen LogP) is 3.86. The van der Waals surface area contributed by atoms with E-state index in [1.807, 2.05) is 0 Å². The fourth-order valence-corrected chi connectivity index (χ4v) is 2.06. The molecule has 0 amide bonds. The maximum Gasteiger partial charge on any atom is 0.324 e. The van der Waals surface area contributed by atoms with Crippen LogP contribution in [-0.4, -0.2) is 21.4 Å². The molecule has 0 unspecified atom stereocenters. The molecule has 0 aliphatic heterocycles. The van der Waals surface area contributed by atoms with Crippen LogP contribution >= 0.6 is 0 Å². The van der Waals surface area contributed by atoms with E-state index in [-0.39, 0.29) is 11.0 Å². The second-order valence-electron chi connectivity index (χ2n) is 5.88. The lowest BCUT2D eigenvalue weighted by molar-refractivity contribution is 0.0712. The molecule has 3 nitrogen and oxygen atoms in total. The molecular formula is C14H22O3Si. The van der Waals surface area contributed by atoms with Crippen molar-refractivity contribution in [3.8, 4) is 5.75 Å². The van der Waals surface area contributed by atoms with Gasteiger partial charge in [0.2, 0.25) is 0 Å². The van der Waals surface area contributed by atoms with Gasteiger partial charge in [-0.1, -0.05) is 20.8 Å². The smallest absolute Gasteiger partial charge is 0.324 e. The summed E-state index contributed by atoms with van der Waals surface area (Å²) < 4.78 is 10.8. The molecule has 1 rings (SSSR count). The van der Waals surface area contributed by atoms with Crippen LogP contribution in [0.3, 0.4) is 0 Å². The molecule has 0 bridgehead atoms. The summed E-state index contributed by atoms with van der Waals surface area (Å²) in [5, 5.41) is 0.0229. The number of rotatable bonds is 3. The second-order valence-corrected chi connectivity index (χ2v) is 10.6. The normalized spacial score (nSPS) is 12.1. The molecule has 1 aromatic carbocycles.